The normalized spacial score (nSPS) is 25.8. The average Bonchev–Trinajstić information content (AvgIpc) is 3.15. The van der Waals surface area contributed by atoms with Crippen LogP contribution in [0.5, 0.6) is 0 Å². The summed E-state index contributed by atoms with van der Waals surface area (Å²) < 4.78 is 5.31. The van der Waals surface area contributed by atoms with E-state index in [1.165, 1.54) is 6.42 Å². The number of thiol groups is 1. The summed E-state index contributed by atoms with van der Waals surface area (Å²) in [6, 6.07) is 9.79. The first-order valence-electron chi connectivity index (χ1n) is 6.84. The van der Waals surface area contributed by atoms with Crippen LogP contribution in [0.4, 0.5) is 4.79 Å². The van der Waals surface area contributed by atoms with Gasteiger partial charge in [-0.3, -0.25) is 0 Å². The Balaban J connectivity index is 1.39. The molecule has 1 aliphatic heterocycles. The molecule has 4 heteroatoms. The standard InChI is InChI=1S/C15H19NO2S/c17-15(18-9-11-4-2-1-3-5-11)16-7-13(8-16)14-6-12(14)10-19/h1-5,12-14,19H,6-10H2. The molecular weight excluding hydrogens is 258 g/mol. The molecule has 0 N–H and O–H groups in total. The Kier molecular flexibility index (Phi) is 3.69. The van der Waals surface area contributed by atoms with Crippen LogP contribution < -0.4 is 0 Å². The lowest BCUT2D eigenvalue weighted by Gasteiger charge is -2.38. The number of hydrogen-bond acceptors (Lipinski definition) is 3. The van der Waals surface area contributed by atoms with E-state index < -0.39 is 0 Å². The van der Waals surface area contributed by atoms with Crippen molar-refractivity contribution in [3.05, 3.63) is 35.9 Å². The Labute approximate surface area is 119 Å². The van der Waals surface area contributed by atoms with Crippen molar-refractivity contribution in [2.24, 2.45) is 17.8 Å². The van der Waals surface area contributed by atoms with Crippen LogP contribution in [0.25, 0.3) is 0 Å². The Bertz CT molecular complexity index is 445. The summed E-state index contributed by atoms with van der Waals surface area (Å²) in [6.45, 7) is 2.09. The van der Waals surface area contributed by atoms with Gasteiger partial charge in [0.25, 0.3) is 0 Å². The van der Waals surface area contributed by atoms with Gasteiger partial charge in [0.2, 0.25) is 0 Å². The van der Waals surface area contributed by atoms with Gasteiger partial charge in [0.05, 0.1) is 0 Å². The van der Waals surface area contributed by atoms with Crippen molar-refractivity contribution in [2.75, 3.05) is 18.8 Å². The third-order valence-corrected chi connectivity index (χ3v) is 4.66. The van der Waals surface area contributed by atoms with Crippen molar-refractivity contribution in [1.29, 1.82) is 0 Å². The van der Waals surface area contributed by atoms with E-state index in [1.54, 1.807) is 0 Å². The molecule has 2 atom stereocenters. The first kappa shape index (κ1) is 12.9. The van der Waals surface area contributed by atoms with Gasteiger partial charge >= 0.3 is 6.09 Å². The van der Waals surface area contributed by atoms with E-state index in [9.17, 15) is 4.79 Å². The number of nitrogens with zero attached hydrogens (tertiary/aromatic N) is 1. The van der Waals surface area contributed by atoms with E-state index in [0.717, 1.165) is 36.2 Å². The smallest absolute Gasteiger partial charge is 0.410 e. The molecule has 1 aliphatic carbocycles. The quantitative estimate of drug-likeness (QED) is 0.858. The molecule has 2 unspecified atom stereocenters. The minimum absolute atomic E-state index is 0.178. The topological polar surface area (TPSA) is 29.5 Å². The predicted molar refractivity (Wildman–Crippen MR) is 77.1 cm³/mol. The highest BCUT2D eigenvalue weighted by Crippen LogP contribution is 2.48. The Morgan fingerprint density at radius 1 is 1.32 bits per heavy atom. The molecule has 102 valence electrons. The van der Waals surface area contributed by atoms with E-state index in [2.05, 4.69) is 12.6 Å². The summed E-state index contributed by atoms with van der Waals surface area (Å²) in [5, 5.41) is 0. The maximum Gasteiger partial charge on any atom is 0.410 e. The number of rotatable bonds is 4. The number of hydrogen-bond donors (Lipinski definition) is 1. The number of likely N-dealkylation sites (tertiary alicyclic amines) is 1. The van der Waals surface area contributed by atoms with E-state index in [0.29, 0.717) is 12.5 Å². The summed E-state index contributed by atoms with van der Waals surface area (Å²) in [7, 11) is 0. The van der Waals surface area contributed by atoms with Gasteiger partial charge in [0.1, 0.15) is 6.61 Å². The maximum absolute atomic E-state index is 11.8. The predicted octanol–water partition coefficient (Wildman–Crippen LogP) is 2.82. The van der Waals surface area contributed by atoms with Crippen LogP contribution in [0.3, 0.4) is 0 Å². The van der Waals surface area contributed by atoms with Crippen LogP contribution in [0.15, 0.2) is 30.3 Å². The minimum Gasteiger partial charge on any atom is -0.445 e. The Morgan fingerprint density at radius 2 is 2.05 bits per heavy atom. The van der Waals surface area contributed by atoms with E-state index in [4.69, 9.17) is 4.74 Å². The van der Waals surface area contributed by atoms with Gasteiger partial charge in [-0.15, -0.1) is 0 Å². The number of carbonyl (C=O) groups is 1. The van der Waals surface area contributed by atoms with Gasteiger partial charge in [-0.1, -0.05) is 30.3 Å². The molecule has 1 aromatic rings. The molecule has 1 aromatic carbocycles. The molecule has 0 spiro atoms. The zero-order valence-corrected chi connectivity index (χ0v) is 11.8. The summed E-state index contributed by atoms with van der Waals surface area (Å²) in [4.78, 5) is 13.6. The molecule has 1 saturated heterocycles. The first-order valence-corrected chi connectivity index (χ1v) is 7.47. The fraction of sp³-hybridized carbons (Fsp3) is 0.533. The Hall–Kier alpha value is -1.16. The molecule has 1 saturated carbocycles. The van der Waals surface area contributed by atoms with Crippen LogP contribution in [0.2, 0.25) is 0 Å². The summed E-state index contributed by atoms with van der Waals surface area (Å²) in [5.74, 6) is 3.26. The molecule has 1 heterocycles. The van der Waals surface area contributed by atoms with E-state index in [-0.39, 0.29) is 6.09 Å². The number of amides is 1. The minimum atomic E-state index is -0.178. The van der Waals surface area contributed by atoms with Crippen molar-refractivity contribution in [2.45, 2.75) is 13.0 Å². The fourth-order valence-electron chi connectivity index (χ4n) is 2.80. The molecule has 1 amide bonds. The van der Waals surface area contributed by atoms with E-state index in [1.807, 2.05) is 35.2 Å². The first-order chi connectivity index (χ1) is 9.28. The van der Waals surface area contributed by atoms with Crippen molar-refractivity contribution in [3.63, 3.8) is 0 Å². The number of benzene rings is 1. The average molecular weight is 277 g/mol. The summed E-state index contributed by atoms with van der Waals surface area (Å²) in [6.07, 6.45) is 1.12. The monoisotopic (exact) mass is 277 g/mol. The second-order valence-electron chi connectivity index (χ2n) is 5.55. The molecule has 0 radical (unpaired) electrons. The van der Waals surface area contributed by atoms with Crippen LogP contribution in [-0.2, 0) is 11.3 Å². The van der Waals surface area contributed by atoms with Gasteiger partial charge in [-0.25, -0.2) is 4.79 Å². The lowest BCUT2D eigenvalue weighted by atomic mass is 9.94. The van der Waals surface area contributed by atoms with Crippen LogP contribution >= 0.6 is 12.6 Å². The van der Waals surface area contributed by atoms with E-state index >= 15 is 0 Å². The lowest BCUT2D eigenvalue weighted by molar-refractivity contribution is 0.0420. The van der Waals surface area contributed by atoms with Gasteiger partial charge in [0, 0.05) is 13.1 Å². The van der Waals surface area contributed by atoms with Gasteiger partial charge < -0.3 is 9.64 Å². The van der Waals surface area contributed by atoms with Gasteiger partial charge in [0.15, 0.2) is 0 Å². The molecule has 0 bridgehead atoms. The summed E-state index contributed by atoms with van der Waals surface area (Å²) >= 11 is 4.33. The second kappa shape index (κ2) is 5.45. The van der Waals surface area contributed by atoms with Crippen LogP contribution in [-0.4, -0.2) is 29.8 Å². The molecule has 3 rings (SSSR count). The molecule has 19 heavy (non-hydrogen) atoms. The molecule has 2 aliphatic rings. The fourth-order valence-corrected chi connectivity index (χ4v) is 3.22. The number of ether oxygens (including phenoxy) is 1. The van der Waals surface area contributed by atoms with Gasteiger partial charge in [-0.05, 0) is 35.5 Å². The SMILES string of the molecule is O=C(OCc1ccccc1)N1CC(C2CC2CS)C1. The van der Waals surface area contributed by atoms with Crippen molar-refractivity contribution in [3.8, 4) is 0 Å². The third-order valence-electron chi connectivity index (χ3n) is 4.19. The highest BCUT2D eigenvalue weighted by molar-refractivity contribution is 7.80. The van der Waals surface area contributed by atoms with Crippen molar-refractivity contribution < 1.29 is 9.53 Å². The lowest BCUT2D eigenvalue weighted by Crippen LogP contribution is -2.51. The maximum atomic E-state index is 11.8. The molecular formula is C15H19NO2S. The molecule has 2 fully saturated rings. The van der Waals surface area contributed by atoms with Crippen molar-refractivity contribution >= 4 is 18.7 Å². The number of carbonyl (C=O) groups excluding carboxylic acids is 1. The highest BCUT2D eigenvalue weighted by Gasteiger charge is 2.47. The van der Waals surface area contributed by atoms with Crippen molar-refractivity contribution in [1.82, 2.24) is 4.90 Å². The Morgan fingerprint density at radius 3 is 2.68 bits per heavy atom. The third kappa shape index (κ3) is 2.89. The van der Waals surface area contributed by atoms with Crippen LogP contribution in [0.1, 0.15) is 12.0 Å². The molecule has 0 aromatic heterocycles. The van der Waals surface area contributed by atoms with Crippen LogP contribution in [0, 0.1) is 17.8 Å². The zero-order valence-electron chi connectivity index (χ0n) is 10.9. The largest absolute Gasteiger partial charge is 0.445 e. The van der Waals surface area contributed by atoms with Gasteiger partial charge in [-0.2, -0.15) is 12.6 Å². The molecule has 3 nitrogen and oxygen atoms in total. The second-order valence-corrected chi connectivity index (χ2v) is 5.91. The zero-order chi connectivity index (χ0) is 13.2. The summed E-state index contributed by atoms with van der Waals surface area (Å²) in [5.41, 5.74) is 1.03. The highest BCUT2D eigenvalue weighted by atomic mass is 32.1.